The van der Waals surface area contributed by atoms with Gasteiger partial charge in [-0.15, -0.1) is 0 Å². The van der Waals surface area contributed by atoms with Gasteiger partial charge in [-0.2, -0.15) is 0 Å². The summed E-state index contributed by atoms with van der Waals surface area (Å²) in [5.41, 5.74) is 3.44. The van der Waals surface area contributed by atoms with Crippen molar-refractivity contribution < 1.29 is 28.6 Å². The van der Waals surface area contributed by atoms with Crippen LogP contribution in [0.2, 0.25) is 0 Å². The average molecular weight is 497 g/mol. The van der Waals surface area contributed by atoms with Gasteiger partial charge in [0.25, 0.3) is 5.91 Å². The molecule has 2 aromatic rings. The van der Waals surface area contributed by atoms with Gasteiger partial charge in [-0.3, -0.25) is 9.59 Å². The predicted molar refractivity (Wildman–Crippen MR) is 135 cm³/mol. The van der Waals surface area contributed by atoms with Crippen LogP contribution in [0.4, 0.5) is 0 Å². The summed E-state index contributed by atoms with van der Waals surface area (Å²) in [5.74, 6) is -1.25. The third-order valence-electron chi connectivity index (χ3n) is 6.75. The number of hydrogen-bond donors (Lipinski definition) is 1. The van der Waals surface area contributed by atoms with Crippen molar-refractivity contribution in [3.63, 3.8) is 0 Å². The Labute approximate surface area is 212 Å². The van der Waals surface area contributed by atoms with E-state index < -0.39 is 23.9 Å². The molecule has 1 aliphatic rings. The molecule has 1 aromatic heterocycles. The molecule has 8 heteroatoms. The topological polar surface area (TPSA) is 104 Å². The van der Waals surface area contributed by atoms with Crippen molar-refractivity contribution in [3.05, 3.63) is 52.8 Å². The van der Waals surface area contributed by atoms with Gasteiger partial charge >= 0.3 is 11.9 Å². The van der Waals surface area contributed by atoms with E-state index in [0.717, 1.165) is 12.8 Å². The zero-order valence-electron chi connectivity index (χ0n) is 21.9. The molecule has 1 N–H and O–H groups in total. The molecule has 1 amide bonds. The number of carbonyl (C=O) groups is 3. The number of aromatic nitrogens is 1. The number of amides is 1. The van der Waals surface area contributed by atoms with E-state index in [2.05, 4.69) is 42.3 Å². The van der Waals surface area contributed by atoms with Crippen molar-refractivity contribution in [2.45, 2.75) is 78.4 Å². The lowest BCUT2D eigenvalue weighted by Gasteiger charge is -2.31. The average Bonchev–Trinajstić information content (AvgIpc) is 3.34. The van der Waals surface area contributed by atoms with E-state index in [1.807, 2.05) is 6.92 Å². The van der Waals surface area contributed by atoms with Crippen LogP contribution in [0.25, 0.3) is 0 Å². The number of pyridine rings is 1. The summed E-state index contributed by atoms with van der Waals surface area (Å²) < 4.78 is 16.3. The van der Waals surface area contributed by atoms with E-state index >= 15 is 0 Å². The fourth-order valence-corrected chi connectivity index (χ4v) is 5.08. The fourth-order valence-electron chi connectivity index (χ4n) is 5.08. The maximum absolute atomic E-state index is 13.0. The van der Waals surface area contributed by atoms with Crippen molar-refractivity contribution in [3.8, 4) is 11.5 Å². The van der Waals surface area contributed by atoms with Crippen LogP contribution in [0.5, 0.6) is 11.5 Å². The second kappa shape index (κ2) is 12.0. The van der Waals surface area contributed by atoms with E-state index in [1.165, 1.54) is 55.8 Å². The van der Waals surface area contributed by atoms with Crippen LogP contribution in [-0.2, 0) is 14.3 Å². The quantitative estimate of drug-likeness (QED) is 0.504. The minimum absolute atomic E-state index is 0.0792. The number of rotatable bonds is 9. The van der Waals surface area contributed by atoms with Crippen LogP contribution in [0, 0.1) is 19.8 Å². The molecule has 1 saturated carbocycles. The minimum Gasteiger partial charge on any atom is -0.493 e. The summed E-state index contributed by atoms with van der Waals surface area (Å²) in [4.78, 5) is 41.5. The first kappa shape index (κ1) is 27.2. The van der Waals surface area contributed by atoms with Crippen molar-refractivity contribution in [1.82, 2.24) is 10.3 Å². The molecule has 0 bridgehead atoms. The predicted octanol–water partition coefficient (Wildman–Crippen LogP) is 4.66. The third-order valence-corrected chi connectivity index (χ3v) is 6.75. The minimum atomic E-state index is -0.943. The van der Waals surface area contributed by atoms with Crippen LogP contribution in [0.3, 0.4) is 0 Å². The van der Waals surface area contributed by atoms with Crippen LogP contribution in [0.1, 0.15) is 79.6 Å². The molecule has 1 aromatic carbocycles. The van der Waals surface area contributed by atoms with Gasteiger partial charge in [0, 0.05) is 25.1 Å². The summed E-state index contributed by atoms with van der Waals surface area (Å²) >= 11 is 0. The molecule has 8 nitrogen and oxygen atoms in total. The number of esters is 2. The van der Waals surface area contributed by atoms with E-state index in [-0.39, 0.29) is 29.2 Å². The molecule has 3 atom stereocenters. The Hall–Kier alpha value is -3.42. The molecule has 0 radical (unpaired) electrons. The molecule has 0 aliphatic heterocycles. The van der Waals surface area contributed by atoms with Crippen molar-refractivity contribution in [2.24, 2.45) is 5.92 Å². The maximum atomic E-state index is 13.0. The molecule has 1 heterocycles. The summed E-state index contributed by atoms with van der Waals surface area (Å²) in [7, 11) is 1.39. The Morgan fingerprint density at radius 1 is 1.08 bits per heavy atom. The van der Waals surface area contributed by atoms with Crippen LogP contribution >= 0.6 is 0 Å². The number of nitrogens with zero attached hydrogens (tertiary/aromatic N) is 1. The molecular weight excluding hydrogens is 460 g/mol. The lowest BCUT2D eigenvalue weighted by atomic mass is 9.79. The Kier molecular flexibility index (Phi) is 9.07. The number of methoxy groups -OCH3 is 1. The van der Waals surface area contributed by atoms with Gasteiger partial charge < -0.3 is 19.5 Å². The smallest absolute Gasteiger partial charge is 0.328 e. The Bertz CT molecular complexity index is 1110. The highest BCUT2D eigenvalue weighted by Crippen LogP contribution is 2.41. The lowest BCUT2D eigenvalue weighted by Crippen LogP contribution is -2.42. The summed E-state index contributed by atoms with van der Waals surface area (Å²) in [6.45, 7) is 8.87. The normalized spacial score (nSPS) is 16.1. The van der Waals surface area contributed by atoms with Gasteiger partial charge in [0.2, 0.25) is 5.75 Å². The summed E-state index contributed by atoms with van der Waals surface area (Å²) in [6.07, 6.45) is 5.56. The van der Waals surface area contributed by atoms with Gasteiger partial charge in [-0.25, -0.2) is 9.78 Å². The van der Waals surface area contributed by atoms with Crippen LogP contribution < -0.4 is 14.8 Å². The highest BCUT2D eigenvalue weighted by atomic mass is 16.6. The fraction of sp³-hybridized carbons (Fsp3) is 0.500. The molecule has 1 aliphatic carbocycles. The molecule has 0 spiro atoms. The maximum Gasteiger partial charge on any atom is 0.328 e. The lowest BCUT2D eigenvalue weighted by molar-refractivity contribution is -0.151. The number of carbonyl (C=O) groups excluding carboxylic acids is 3. The standard InChI is InChI=1S/C28H36N2O6/c1-16-11-12-22(17(2)15-16)24(21-9-7-8-10-21)19(4)35-28(33)18(3)30-27(32)25-26(36-20(5)31)23(34-6)13-14-29-25/h11-15,18-19,21,24H,7-10H2,1-6H3,(H,30,32)/t18-,19-,24+/m0/s1. The van der Waals surface area contributed by atoms with Gasteiger partial charge in [-0.05, 0) is 57.6 Å². The van der Waals surface area contributed by atoms with Crippen molar-refractivity contribution >= 4 is 17.8 Å². The number of aryl methyl sites for hydroxylation is 2. The summed E-state index contributed by atoms with van der Waals surface area (Å²) in [6, 6.07) is 6.94. The Morgan fingerprint density at radius 3 is 2.39 bits per heavy atom. The van der Waals surface area contributed by atoms with E-state index in [9.17, 15) is 14.4 Å². The third kappa shape index (κ3) is 6.42. The Morgan fingerprint density at radius 2 is 1.78 bits per heavy atom. The van der Waals surface area contributed by atoms with Crippen molar-refractivity contribution in [1.29, 1.82) is 0 Å². The molecule has 1 fully saturated rings. The van der Waals surface area contributed by atoms with E-state index in [4.69, 9.17) is 14.2 Å². The van der Waals surface area contributed by atoms with E-state index in [0.29, 0.717) is 5.92 Å². The highest BCUT2D eigenvalue weighted by Gasteiger charge is 2.34. The first-order valence-electron chi connectivity index (χ1n) is 12.4. The van der Waals surface area contributed by atoms with Gasteiger partial charge in [0.1, 0.15) is 12.1 Å². The Balaban J connectivity index is 1.75. The highest BCUT2D eigenvalue weighted by molar-refractivity contribution is 5.98. The zero-order valence-corrected chi connectivity index (χ0v) is 21.9. The molecule has 194 valence electrons. The van der Waals surface area contributed by atoms with Crippen LogP contribution in [0.15, 0.2) is 30.5 Å². The van der Waals surface area contributed by atoms with Gasteiger partial charge in [0.15, 0.2) is 11.4 Å². The largest absolute Gasteiger partial charge is 0.493 e. The van der Waals surface area contributed by atoms with E-state index in [1.54, 1.807) is 6.92 Å². The molecule has 3 rings (SSSR count). The number of nitrogens with one attached hydrogen (secondary N) is 1. The van der Waals surface area contributed by atoms with Crippen molar-refractivity contribution in [2.75, 3.05) is 7.11 Å². The molecular formula is C28H36N2O6. The SMILES string of the molecule is COc1ccnc(C(=O)N[C@@H](C)C(=O)O[C@@H](C)[C@@H](c2ccc(C)cc2C)C2CCCC2)c1OC(C)=O. The molecule has 0 saturated heterocycles. The van der Waals surface area contributed by atoms with Crippen LogP contribution in [-0.4, -0.2) is 42.1 Å². The second-order valence-electron chi connectivity index (χ2n) is 9.55. The number of hydrogen-bond acceptors (Lipinski definition) is 7. The molecule has 0 unspecified atom stereocenters. The monoisotopic (exact) mass is 496 g/mol. The second-order valence-corrected chi connectivity index (χ2v) is 9.55. The molecule has 36 heavy (non-hydrogen) atoms. The number of ether oxygens (including phenoxy) is 3. The summed E-state index contributed by atoms with van der Waals surface area (Å²) in [5, 5.41) is 2.61. The first-order chi connectivity index (χ1) is 17.1. The first-order valence-corrected chi connectivity index (χ1v) is 12.4. The number of benzene rings is 1. The van der Waals surface area contributed by atoms with Gasteiger partial charge in [0.05, 0.1) is 7.11 Å². The van der Waals surface area contributed by atoms with Gasteiger partial charge in [-0.1, -0.05) is 36.6 Å². The zero-order chi connectivity index (χ0) is 26.4.